The molecule has 10 aromatic rings. The quantitative estimate of drug-likeness (QED) is 0.0180. The molecule has 95 heavy (non-hydrogen) atoms. The average Bonchev–Trinajstić information content (AvgIpc) is 1.96. The first-order valence-corrected chi connectivity index (χ1v) is 29.2. The van der Waals surface area contributed by atoms with Gasteiger partial charge in [-0.15, -0.1) is 0 Å². The first-order chi connectivity index (χ1) is 45.3. The molecule has 0 aliphatic heterocycles. The van der Waals surface area contributed by atoms with Gasteiger partial charge in [-0.25, -0.2) is 24.9 Å². The Hall–Kier alpha value is -12.4. The van der Waals surface area contributed by atoms with Gasteiger partial charge in [-0.2, -0.15) is 29.7 Å². The number of methoxy groups -OCH3 is 1. The molecule has 10 rings (SSSR count). The van der Waals surface area contributed by atoms with Crippen LogP contribution in [0.3, 0.4) is 0 Å². The van der Waals surface area contributed by atoms with Crippen molar-refractivity contribution in [2.24, 2.45) is 0 Å². The second kappa shape index (κ2) is 34.7. The van der Waals surface area contributed by atoms with Crippen LogP contribution in [0.5, 0.6) is 11.5 Å². The van der Waals surface area contributed by atoms with Gasteiger partial charge in [0.1, 0.15) is 78.6 Å². The van der Waals surface area contributed by atoms with E-state index in [1.54, 1.807) is 50.2 Å². The highest BCUT2D eigenvalue weighted by molar-refractivity contribution is 7.82. The molecule has 11 N–H and O–H groups in total. The average molecular weight is 1330 g/mol. The number of carboxylic acid groups (broad SMARTS) is 5. The number of aromatic nitrogens is 15. The summed E-state index contributed by atoms with van der Waals surface area (Å²) in [5, 5.41) is 86.5. The monoisotopic (exact) mass is 1330 g/mol. The topological polar surface area (TPSA) is 511 Å². The van der Waals surface area contributed by atoms with Crippen LogP contribution in [0.1, 0.15) is 77.0 Å². The Morgan fingerprint density at radius 1 is 0.537 bits per heavy atom. The maximum atomic E-state index is 12.5. The number of hydrogen-bond donors (Lipinski definition) is 11. The van der Waals surface area contributed by atoms with Gasteiger partial charge >= 0.3 is 47.1 Å². The van der Waals surface area contributed by atoms with E-state index in [9.17, 15) is 43.1 Å². The number of esters is 1. The van der Waals surface area contributed by atoms with Crippen molar-refractivity contribution in [3.05, 3.63) is 177 Å². The minimum absolute atomic E-state index is 0.0258. The lowest BCUT2D eigenvalue weighted by atomic mass is 10.1. The Balaban J connectivity index is 0.000000193. The van der Waals surface area contributed by atoms with Crippen LogP contribution in [0, 0.1) is 37.8 Å². The van der Waals surface area contributed by atoms with Crippen LogP contribution >= 0.6 is 0 Å². The maximum Gasteiger partial charge on any atom is 0.316 e. The Morgan fingerprint density at radius 2 is 0.968 bits per heavy atom. The second-order valence-corrected chi connectivity index (χ2v) is 20.8. The number of carbonyl (C=O) groups excluding carboxylic acids is 1. The smallest absolute Gasteiger partial charge is 0.316 e. The summed E-state index contributed by atoms with van der Waals surface area (Å²) >= 11 is -1.88. The molecule has 34 nitrogen and oxygen atoms in total. The van der Waals surface area contributed by atoms with E-state index in [1.165, 1.54) is 20.1 Å². The number of hydrogen-bond acceptors (Lipinski definition) is 22. The third-order valence-electron chi connectivity index (χ3n) is 12.5. The number of carboxylic acids is 5. The van der Waals surface area contributed by atoms with Crippen molar-refractivity contribution in [1.82, 2.24) is 75.9 Å². The van der Waals surface area contributed by atoms with E-state index in [-0.39, 0.29) is 61.1 Å². The number of benzene rings is 5. The van der Waals surface area contributed by atoms with Crippen molar-refractivity contribution in [3.63, 3.8) is 0 Å². The molecule has 35 heteroatoms. The lowest BCUT2D eigenvalue weighted by molar-refractivity contribution is -0.385. The van der Waals surface area contributed by atoms with Crippen LogP contribution in [-0.2, 0) is 76.9 Å². The van der Waals surface area contributed by atoms with Crippen molar-refractivity contribution < 1.29 is 77.1 Å². The summed E-state index contributed by atoms with van der Waals surface area (Å²) in [6, 6.07) is 32.4. The number of aryl methyl sites for hydroxylation is 4. The van der Waals surface area contributed by atoms with E-state index in [1.807, 2.05) is 87.5 Å². The minimum Gasteiger partial charge on any atom is -0.495 e. The molecular formula is C60H63N17O17S. The number of carbonyl (C=O) groups is 6. The number of anilines is 1. The van der Waals surface area contributed by atoms with Gasteiger partial charge in [0, 0.05) is 33.9 Å². The van der Waals surface area contributed by atoms with Crippen LogP contribution in [-0.4, -0.2) is 160 Å². The largest absolute Gasteiger partial charge is 0.495 e. The summed E-state index contributed by atoms with van der Waals surface area (Å²) in [5.74, 6) is -1.94. The Morgan fingerprint density at radius 3 is 1.44 bits per heavy atom. The SMILES string of the molecule is CCOC(=O)Cc1nc(C(C)C(=O)O)n[nH]1.COc1ccc(-c2n[nH]c(CC(=O)O)n2)cc1NS(=O)Oc1cc(C)ccc1C.Cc1ccc(-c2n[nH]c(CC(=O)O)n2)cc1.Cc1ccc(-c2n[nH]c(CC(=O)O)n2)cc1[N+](=O)[O-].O=C(O)Cc1nc(-c2ccccc2)n[nH]1. The molecule has 0 saturated carbocycles. The zero-order chi connectivity index (χ0) is 69.3. The van der Waals surface area contributed by atoms with Gasteiger partial charge in [-0.05, 0) is 76.9 Å². The second-order valence-electron chi connectivity index (χ2n) is 20.0. The number of nitrogens with one attached hydrogen (secondary N) is 6. The molecule has 0 bridgehead atoms. The standard InChI is InChI=1S/C19H20N4O5S.C11H10N4O4.C11H11N3O2.C10H9N3O2.C9H13N3O4/c1-11-4-5-12(2)16(8-11)28-29(26)23-14-9-13(6-7-15(14)27-3)19-20-17(21-22-19)10-18(24)25;1-6-2-3-7(4-8(6)15(18)19)11-12-9(13-14-11)5-10(16)17;1-7-2-4-8(5-3-7)11-12-9(13-14-11)6-10(15)16;14-9(15)6-8-11-10(13-12-8)7-4-2-1-3-5-7;1-3-16-7(13)4-6-10-8(12-11-6)5(2)9(14)15/h4-9,23H,10H2,1-3H3,(H,24,25)(H,20,21,22);2-4H,5H2,1H3,(H,16,17)(H,12,13,14);2-5H,6H2,1H3,(H,15,16)(H,12,13,14);1-5H,6H2,(H,14,15)(H,11,12,13);5H,3-4H2,1-2H3,(H,14,15)(H,10,11,12). The highest BCUT2D eigenvalue weighted by atomic mass is 32.2. The number of aliphatic carboxylic acids is 5. The molecule has 5 aromatic heterocycles. The zero-order valence-corrected chi connectivity index (χ0v) is 52.5. The Labute approximate surface area is 541 Å². The highest BCUT2D eigenvalue weighted by Gasteiger charge is 2.21. The molecule has 0 spiro atoms. The molecule has 2 unspecified atom stereocenters. The minimum atomic E-state index is -1.88. The van der Waals surface area contributed by atoms with Gasteiger partial charge in [0.05, 0.1) is 24.3 Å². The van der Waals surface area contributed by atoms with E-state index in [2.05, 4.69) is 80.6 Å². The Kier molecular flexibility index (Phi) is 26.2. The lowest BCUT2D eigenvalue weighted by Gasteiger charge is -2.13. The first kappa shape index (κ1) is 71.6. The number of aromatic amines is 5. The van der Waals surface area contributed by atoms with Gasteiger partial charge < -0.3 is 39.2 Å². The summed E-state index contributed by atoms with van der Waals surface area (Å²) in [7, 11) is 1.49. The summed E-state index contributed by atoms with van der Waals surface area (Å²) < 4.78 is 30.8. The molecule has 2 atom stereocenters. The fourth-order valence-electron chi connectivity index (χ4n) is 7.78. The number of nitrogens with zero attached hydrogens (tertiary/aromatic N) is 11. The lowest BCUT2D eigenvalue weighted by Crippen LogP contribution is -2.12. The van der Waals surface area contributed by atoms with Crippen LogP contribution in [0.25, 0.3) is 45.6 Å². The van der Waals surface area contributed by atoms with E-state index >= 15 is 0 Å². The van der Waals surface area contributed by atoms with Crippen LogP contribution in [0.2, 0.25) is 0 Å². The molecule has 0 radical (unpaired) electrons. The number of ether oxygens (including phenoxy) is 2. The third-order valence-corrected chi connectivity index (χ3v) is 13.2. The predicted molar refractivity (Wildman–Crippen MR) is 336 cm³/mol. The van der Waals surface area contributed by atoms with Crippen molar-refractivity contribution in [3.8, 4) is 57.1 Å². The molecule has 0 aliphatic carbocycles. The van der Waals surface area contributed by atoms with Gasteiger partial charge in [0.15, 0.2) is 29.1 Å². The highest BCUT2D eigenvalue weighted by Crippen LogP contribution is 2.31. The molecule has 5 aromatic carbocycles. The van der Waals surface area contributed by atoms with Gasteiger partial charge in [-0.1, -0.05) is 84.4 Å². The number of nitro benzene ring substituents is 1. The van der Waals surface area contributed by atoms with Gasteiger partial charge in [0.2, 0.25) is 0 Å². The summed E-state index contributed by atoms with van der Waals surface area (Å²) in [6.45, 7) is 10.9. The summed E-state index contributed by atoms with van der Waals surface area (Å²) in [5.41, 5.74) is 6.72. The van der Waals surface area contributed by atoms with E-state index < -0.39 is 57.9 Å². The van der Waals surface area contributed by atoms with Crippen molar-refractivity contribution in [2.75, 3.05) is 18.4 Å². The maximum absolute atomic E-state index is 12.5. The number of rotatable bonds is 23. The molecule has 5 heterocycles. The molecule has 0 aliphatic rings. The predicted octanol–water partition coefficient (Wildman–Crippen LogP) is 6.71. The fraction of sp³-hybridized carbons (Fsp3) is 0.233. The molecule has 0 fully saturated rings. The van der Waals surface area contributed by atoms with Crippen LogP contribution in [0.15, 0.2) is 109 Å². The first-order valence-electron chi connectivity index (χ1n) is 28.1. The molecule has 0 saturated heterocycles. The van der Waals surface area contributed by atoms with Crippen LogP contribution in [0.4, 0.5) is 11.4 Å². The summed E-state index contributed by atoms with van der Waals surface area (Å²) in [6.07, 6.45) is -0.852. The van der Waals surface area contributed by atoms with E-state index in [0.717, 1.165) is 27.8 Å². The van der Waals surface area contributed by atoms with Gasteiger partial charge in [-0.3, -0.25) is 69.1 Å². The Bertz CT molecular complexity index is 4300. The van der Waals surface area contributed by atoms with Crippen molar-refractivity contribution in [2.45, 2.75) is 79.6 Å². The van der Waals surface area contributed by atoms with E-state index in [0.29, 0.717) is 75.4 Å². The summed E-state index contributed by atoms with van der Waals surface area (Å²) in [4.78, 5) is 94.6. The van der Waals surface area contributed by atoms with Crippen LogP contribution < -0.4 is 13.6 Å². The normalized spacial score (nSPS) is 11.0. The van der Waals surface area contributed by atoms with Crippen molar-refractivity contribution >= 4 is 58.5 Å². The van der Waals surface area contributed by atoms with Crippen molar-refractivity contribution in [1.29, 1.82) is 0 Å². The molecular weight excluding hydrogens is 1260 g/mol. The number of nitro groups is 1. The fourth-order valence-corrected chi connectivity index (χ4v) is 8.50. The van der Waals surface area contributed by atoms with E-state index in [4.69, 9.17) is 39.2 Å². The zero-order valence-electron chi connectivity index (χ0n) is 51.7. The van der Waals surface area contributed by atoms with Gasteiger partial charge in [0.25, 0.3) is 5.69 Å². The molecule has 0 amide bonds. The molecule has 496 valence electrons. The third kappa shape index (κ3) is 22.8. The number of H-pyrrole nitrogens is 5.